The molecule has 6 heteroatoms. The molecule has 3 nitrogen and oxygen atoms in total. The minimum absolute atomic E-state index is 0.0784. The lowest BCUT2D eigenvalue weighted by atomic mass is 10.2. The number of halogens is 3. The van der Waals surface area contributed by atoms with Gasteiger partial charge >= 0.3 is 0 Å². The first-order valence-corrected chi connectivity index (χ1v) is 4.45. The third-order valence-corrected chi connectivity index (χ3v) is 2.23. The van der Waals surface area contributed by atoms with Crippen LogP contribution in [0.4, 0.5) is 14.5 Å². The molecule has 0 aliphatic heterocycles. The molecule has 2 N–H and O–H groups in total. The van der Waals surface area contributed by atoms with Crippen LogP contribution in [0.3, 0.4) is 0 Å². The Morgan fingerprint density at radius 1 is 1.64 bits per heavy atom. The molecule has 0 bridgehead atoms. The molecule has 14 heavy (non-hydrogen) atoms. The Labute approximate surface area is 87.7 Å². The SMILES string of the molecule is N#CCc1nc(C(F)F)cc(Br)c1N. The smallest absolute Gasteiger partial charge is 0.280 e. The lowest BCUT2D eigenvalue weighted by Crippen LogP contribution is -2.02. The Hall–Kier alpha value is -1.22. The van der Waals surface area contributed by atoms with Gasteiger partial charge in [0.05, 0.1) is 23.9 Å². The van der Waals surface area contributed by atoms with Gasteiger partial charge in [0.15, 0.2) is 0 Å². The molecule has 0 radical (unpaired) electrons. The fraction of sp³-hybridized carbons (Fsp3) is 0.250. The highest BCUT2D eigenvalue weighted by molar-refractivity contribution is 9.10. The Bertz CT molecular complexity index is 387. The predicted molar refractivity (Wildman–Crippen MR) is 50.6 cm³/mol. The fourth-order valence-corrected chi connectivity index (χ4v) is 1.38. The number of anilines is 1. The number of aromatic nitrogens is 1. The molecule has 0 spiro atoms. The second-order valence-corrected chi connectivity index (χ2v) is 3.38. The summed E-state index contributed by atoms with van der Waals surface area (Å²) in [5.41, 5.74) is 5.56. The Morgan fingerprint density at radius 2 is 2.29 bits per heavy atom. The summed E-state index contributed by atoms with van der Waals surface area (Å²) in [7, 11) is 0. The molecule has 1 heterocycles. The van der Waals surface area contributed by atoms with E-state index >= 15 is 0 Å². The van der Waals surface area contributed by atoms with E-state index < -0.39 is 6.43 Å². The molecule has 0 aliphatic carbocycles. The van der Waals surface area contributed by atoms with E-state index in [-0.39, 0.29) is 23.5 Å². The number of nitriles is 1. The zero-order valence-electron chi connectivity index (χ0n) is 6.97. The summed E-state index contributed by atoms with van der Waals surface area (Å²) >= 11 is 3.03. The van der Waals surface area contributed by atoms with E-state index in [1.54, 1.807) is 0 Å². The van der Waals surface area contributed by atoms with E-state index in [1.165, 1.54) is 0 Å². The first-order valence-electron chi connectivity index (χ1n) is 3.66. The highest BCUT2D eigenvalue weighted by Crippen LogP contribution is 2.27. The van der Waals surface area contributed by atoms with Crippen LogP contribution in [0.5, 0.6) is 0 Å². The molecule has 0 saturated carbocycles. The van der Waals surface area contributed by atoms with E-state index in [4.69, 9.17) is 11.0 Å². The van der Waals surface area contributed by atoms with Gasteiger partial charge in [-0.1, -0.05) is 0 Å². The second-order valence-electron chi connectivity index (χ2n) is 2.52. The number of nitrogens with two attached hydrogens (primary N) is 1. The summed E-state index contributed by atoms with van der Waals surface area (Å²) in [6.45, 7) is 0. The van der Waals surface area contributed by atoms with Gasteiger partial charge in [-0.3, -0.25) is 0 Å². The fourth-order valence-electron chi connectivity index (χ4n) is 0.915. The lowest BCUT2D eigenvalue weighted by molar-refractivity contribution is 0.146. The average Bonchev–Trinajstić information content (AvgIpc) is 2.12. The Morgan fingerprint density at radius 3 is 2.79 bits per heavy atom. The molecule has 74 valence electrons. The topological polar surface area (TPSA) is 62.7 Å². The van der Waals surface area contributed by atoms with Crippen molar-refractivity contribution in [1.82, 2.24) is 4.98 Å². The molecule has 0 aliphatic rings. The summed E-state index contributed by atoms with van der Waals surface area (Å²) in [6.07, 6.45) is -2.74. The van der Waals surface area contributed by atoms with Gasteiger partial charge in [0, 0.05) is 4.47 Å². The van der Waals surface area contributed by atoms with E-state index in [2.05, 4.69) is 20.9 Å². The van der Waals surface area contributed by atoms with Crippen LogP contribution < -0.4 is 5.73 Å². The number of alkyl halides is 2. The molecule has 1 rings (SSSR count). The number of hydrogen-bond donors (Lipinski definition) is 1. The van der Waals surface area contributed by atoms with Crippen molar-refractivity contribution in [2.75, 3.05) is 5.73 Å². The third-order valence-electron chi connectivity index (χ3n) is 1.58. The van der Waals surface area contributed by atoms with Crippen LogP contribution in [0.1, 0.15) is 17.8 Å². The van der Waals surface area contributed by atoms with Crippen molar-refractivity contribution in [2.24, 2.45) is 0 Å². The van der Waals surface area contributed by atoms with Crippen molar-refractivity contribution in [3.63, 3.8) is 0 Å². The van der Waals surface area contributed by atoms with Gasteiger partial charge in [-0.2, -0.15) is 5.26 Å². The maximum absolute atomic E-state index is 12.3. The zero-order valence-corrected chi connectivity index (χ0v) is 8.55. The number of nitrogen functional groups attached to an aromatic ring is 1. The van der Waals surface area contributed by atoms with Crippen LogP contribution in [0.15, 0.2) is 10.5 Å². The quantitative estimate of drug-likeness (QED) is 0.890. The van der Waals surface area contributed by atoms with Crippen LogP contribution in [0.25, 0.3) is 0 Å². The largest absolute Gasteiger partial charge is 0.396 e. The van der Waals surface area contributed by atoms with Crippen molar-refractivity contribution in [3.8, 4) is 6.07 Å². The third kappa shape index (κ3) is 2.17. The van der Waals surface area contributed by atoms with Gasteiger partial charge in [0.1, 0.15) is 5.69 Å². The maximum Gasteiger partial charge on any atom is 0.280 e. The van der Waals surface area contributed by atoms with Crippen LogP contribution in [0.2, 0.25) is 0 Å². The lowest BCUT2D eigenvalue weighted by Gasteiger charge is -2.06. The highest BCUT2D eigenvalue weighted by Gasteiger charge is 2.14. The monoisotopic (exact) mass is 261 g/mol. The number of rotatable bonds is 2. The van der Waals surface area contributed by atoms with Gasteiger partial charge < -0.3 is 5.73 Å². The molecule has 0 unspecified atom stereocenters. The standard InChI is InChI=1S/C8H6BrF2N3/c9-4-3-6(8(10)11)14-5(1-2-12)7(4)13/h3,8H,1,13H2. The van der Waals surface area contributed by atoms with E-state index in [0.717, 1.165) is 6.07 Å². The molecule has 0 atom stereocenters. The van der Waals surface area contributed by atoms with E-state index in [9.17, 15) is 8.78 Å². The van der Waals surface area contributed by atoms with Crippen LogP contribution in [-0.2, 0) is 6.42 Å². The van der Waals surface area contributed by atoms with Gasteiger partial charge in [-0.05, 0) is 22.0 Å². The Kier molecular flexibility index (Phi) is 3.36. The van der Waals surface area contributed by atoms with Crippen LogP contribution in [-0.4, -0.2) is 4.98 Å². The summed E-state index contributed by atoms with van der Waals surface area (Å²) in [4.78, 5) is 3.59. The van der Waals surface area contributed by atoms with Gasteiger partial charge in [-0.25, -0.2) is 13.8 Å². The van der Waals surface area contributed by atoms with E-state index in [0.29, 0.717) is 4.47 Å². The summed E-state index contributed by atoms with van der Waals surface area (Å²) < 4.78 is 24.9. The summed E-state index contributed by atoms with van der Waals surface area (Å²) in [6, 6.07) is 2.96. The molecular formula is C8H6BrF2N3. The average molecular weight is 262 g/mol. The zero-order chi connectivity index (χ0) is 10.7. The molecule has 0 fully saturated rings. The molecular weight excluding hydrogens is 256 g/mol. The second kappa shape index (κ2) is 4.33. The molecule has 0 amide bonds. The summed E-state index contributed by atoms with van der Waals surface area (Å²) in [5, 5.41) is 8.42. The molecule has 0 aromatic carbocycles. The van der Waals surface area contributed by atoms with Gasteiger partial charge in [0.2, 0.25) is 0 Å². The van der Waals surface area contributed by atoms with Crippen molar-refractivity contribution in [3.05, 3.63) is 21.9 Å². The summed E-state index contributed by atoms with van der Waals surface area (Å²) in [5.74, 6) is 0. The maximum atomic E-state index is 12.3. The van der Waals surface area contributed by atoms with Gasteiger partial charge in [0.25, 0.3) is 6.43 Å². The normalized spacial score (nSPS) is 10.2. The van der Waals surface area contributed by atoms with Gasteiger partial charge in [-0.15, -0.1) is 0 Å². The number of nitrogens with zero attached hydrogens (tertiary/aromatic N) is 2. The minimum Gasteiger partial charge on any atom is -0.396 e. The number of pyridine rings is 1. The predicted octanol–water partition coefficient (Wildman–Crippen LogP) is 2.43. The van der Waals surface area contributed by atoms with Crippen molar-refractivity contribution >= 4 is 21.6 Å². The molecule has 1 aromatic rings. The highest BCUT2D eigenvalue weighted by atomic mass is 79.9. The van der Waals surface area contributed by atoms with Crippen molar-refractivity contribution < 1.29 is 8.78 Å². The first kappa shape index (κ1) is 10.9. The van der Waals surface area contributed by atoms with Crippen molar-refractivity contribution in [2.45, 2.75) is 12.8 Å². The molecule has 0 saturated heterocycles. The Balaban J connectivity index is 3.22. The molecule has 1 aromatic heterocycles. The minimum atomic E-state index is -2.66. The first-order chi connectivity index (χ1) is 6.56. The van der Waals surface area contributed by atoms with Crippen LogP contribution >= 0.6 is 15.9 Å². The van der Waals surface area contributed by atoms with Crippen LogP contribution in [0, 0.1) is 11.3 Å². The number of hydrogen-bond acceptors (Lipinski definition) is 3. The van der Waals surface area contributed by atoms with Crippen molar-refractivity contribution in [1.29, 1.82) is 5.26 Å². The van der Waals surface area contributed by atoms with E-state index in [1.807, 2.05) is 6.07 Å².